The second kappa shape index (κ2) is 16.3. The molecule has 0 aliphatic carbocycles. The molecule has 1 aliphatic heterocycles. The number of primary amides is 1. The number of urea groups is 1. The van der Waals surface area contributed by atoms with Gasteiger partial charge in [-0.2, -0.15) is 0 Å². The fourth-order valence-corrected chi connectivity index (χ4v) is 4.28. The van der Waals surface area contributed by atoms with Crippen molar-refractivity contribution in [1.29, 1.82) is 0 Å². The van der Waals surface area contributed by atoms with Crippen LogP contribution in [-0.2, 0) is 40.1 Å². The van der Waals surface area contributed by atoms with Crippen LogP contribution < -0.4 is 21.7 Å². The first-order valence-corrected chi connectivity index (χ1v) is 14.5. The number of nitrogens with two attached hydrogens (primary N) is 1. The van der Waals surface area contributed by atoms with Gasteiger partial charge in [-0.3, -0.25) is 33.7 Å². The van der Waals surface area contributed by atoms with Crippen LogP contribution in [0.5, 0.6) is 0 Å². The number of carbonyl (C=O) groups is 7. The Morgan fingerprint density at radius 2 is 1.59 bits per heavy atom. The number of Topliss-reactive ketones (excluding diaryl/α,β-unsaturated/α-hetero) is 1. The lowest BCUT2D eigenvalue weighted by molar-refractivity contribution is -0.154. The summed E-state index contributed by atoms with van der Waals surface area (Å²) in [5, 5.41) is 7.95. The molecule has 0 spiro atoms. The fraction of sp³-hybridized carbons (Fsp3) is 0.516. The zero-order valence-corrected chi connectivity index (χ0v) is 25.9. The van der Waals surface area contributed by atoms with Crippen LogP contribution in [0.15, 0.2) is 36.4 Å². The van der Waals surface area contributed by atoms with Crippen LogP contribution in [0.3, 0.4) is 0 Å². The molecule has 240 valence electrons. The maximum atomic E-state index is 13.4. The maximum Gasteiger partial charge on any atom is 0.312 e. The Morgan fingerprint density at radius 1 is 0.977 bits per heavy atom. The van der Waals surface area contributed by atoms with E-state index in [-0.39, 0.29) is 56.6 Å². The van der Waals surface area contributed by atoms with Crippen LogP contribution in [-0.4, -0.2) is 65.4 Å². The molecule has 13 nitrogen and oxygen atoms in total. The Kier molecular flexibility index (Phi) is 13.2. The number of hydrogen-bond donors (Lipinski definition) is 4. The summed E-state index contributed by atoms with van der Waals surface area (Å²) in [6, 6.07) is 5.14. The molecular weight excluding hydrogens is 570 g/mol. The number of ketones is 1. The smallest absolute Gasteiger partial charge is 0.312 e. The van der Waals surface area contributed by atoms with Crippen molar-refractivity contribution in [2.45, 2.75) is 73.0 Å². The molecule has 1 aromatic rings. The number of anilines is 1. The third kappa shape index (κ3) is 11.6. The number of esters is 1. The summed E-state index contributed by atoms with van der Waals surface area (Å²) in [7, 11) is 0. The van der Waals surface area contributed by atoms with Gasteiger partial charge in [0, 0.05) is 49.7 Å². The van der Waals surface area contributed by atoms with Crippen molar-refractivity contribution < 1.29 is 38.3 Å². The second-order valence-corrected chi connectivity index (χ2v) is 12.0. The van der Waals surface area contributed by atoms with Crippen LogP contribution >= 0.6 is 0 Å². The number of benzene rings is 1. The van der Waals surface area contributed by atoms with Gasteiger partial charge in [0.1, 0.15) is 6.61 Å². The van der Waals surface area contributed by atoms with Crippen molar-refractivity contribution in [3.8, 4) is 0 Å². The quantitative estimate of drug-likeness (QED) is 0.124. The van der Waals surface area contributed by atoms with Crippen LogP contribution in [0.1, 0.15) is 65.9 Å². The zero-order chi connectivity index (χ0) is 33.0. The monoisotopic (exact) mass is 613 g/mol. The molecule has 0 radical (unpaired) electrons. The van der Waals surface area contributed by atoms with E-state index in [2.05, 4.69) is 16.0 Å². The van der Waals surface area contributed by atoms with E-state index in [1.807, 2.05) is 0 Å². The molecule has 13 heteroatoms. The summed E-state index contributed by atoms with van der Waals surface area (Å²) in [5.41, 5.74) is 5.71. The molecule has 1 heterocycles. The van der Waals surface area contributed by atoms with Crippen molar-refractivity contribution in [2.75, 3.05) is 18.4 Å². The Balaban J connectivity index is 2.04. The average Bonchev–Trinajstić information content (AvgIpc) is 3.26. The molecule has 2 rings (SSSR count). The van der Waals surface area contributed by atoms with Crippen LogP contribution in [0.4, 0.5) is 10.5 Å². The van der Waals surface area contributed by atoms with Gasteiger partial charge in [0.15, 0.2) is 5.78 Å². The molecule has 0 aromatic heterocycles. The van der Waals surface area contributed by atoms with Gasteiger partial charge in [0.05, 0.1) is 11.5 Å². The summed E-state index contributed by atoms with van der Waals surface area (Å²) < 4.78 is 5.32. The molecule has 0 unspecified atom stereocenters. The minimum absolute atomic E-state index is 0.0815. The number of nitrogens with one attached hydrogen (secondary N) is 3. The van der Waals surface area contributed by atoms with Crippen LogP contribution in [0, 0.1) is 17.3 Å². The first-order chi connectivity index (χ1) is 20.6. The van der Waals surface area contributed by atoms with Crippen molar-refractivity contribution >= 4 is 47.1 Å². The largest absolute Gasteiger partial charge is 0.460 e. The lowest BCUT2D eigenvalue weighted by Crippen LogP contribution is -2.46. The summed E-state index contributed by atoms with van der Waals surface area (Å²) in [6.45, 7) is 8.97. The summed E-state index contributed by atoms with van der Waals surface area (Å²) in [5.74, 6) is -3.71. The van der Waals surface area contributed by atoms with Gasteiger partial charge >= 0.3 is 12.0 Å². The first kappa shape index (κ1) is 35.6. The Labute approximate surface area is 257 Å². The fourth-order valence-electron chi connectivity index (χ4n) is 4.28. The van der Waals surface area contributed by atoms with Crippen molar-refractivity contribution in [1.82, 2.24) is 15.5 Å². The number of amides is 6. The van der Waals surface area contributed by atoms with Crippen LogP contribution in [0.25, 0.3) is 0 Å². The predicted molar refractivity (Wildman–Crippen MR) is 162 cm³/mol. The zero-order valence-electron chi connectivity index (χ0n) is 25.9. The summed E-state index contributed by atoms with van der Waals surface area (Å²) >= 11 is 0. The van der Waals surface area contributed by atoms with Gasteiger partial charge in [-0.05, 0) is 57.2 Å². The normalized spacial score (nSPS) is 14.3. The van der Waals surface area contributed by atoms with Crippen LogP contribution in [0.2, 0.25) is 0 Å². The van der Waals surface area contributed by atoms with E-state index in [0.29, 0.717) is 12.1 Å². The standard InChI is InChI=1S/C31H43N5O8/c1-19(2)27(35-24(38)14-16-36-25(39)12-13-26(36)40)23(37)17-21(7-6-15-33-30(32)43)28(41)34-22-10-8-20(9-11-22)18-44-29(42)31(3,4)5/h8-13,19,21,27H,6-7,14-18H2,1-5H3,(H,34,41)(H,35,38)(H3,32,33,43)/t21-,27+/m1/s1. The van der Waals surface area contributed by atoms with Crippen molar-refractivity contribution in [2.24, 2.45) is 23.0 Å². The molecular formula is C31H43N5O8. The predicted octanol–water partition coefficient (Wildman–Crippen LogP) is 2.19. The maximum absolute atomic E-state index is 13.4. The van der Waals surface area contributed by atoms with Gasteiger partial charge in [-0.15, -0.1) is 0 Å². The molecule has 0 saturated carbocycles. The van der Waals surface area contributed by atoms with E-state index < -0.39 is 47.0 Å². The topological polar surface area (TPSA) is 194 Å². The highest BCUT2D eigenvalue weighted by Crippen LogP contribution is 2.21. The van der Waals surface area contributed by atoms with E-state index in [4.69, 9.17) is 10.5 Å². The van der Waals surface area contributed by atoms with Gasteiger partial charge in [-0.1, -0.05) is 26.0 Å². The van der Waals surface area contributed by atoms with E-state index in [1.54, 1.807) is 58.9 Å². The molecule has 6 amide bonds. The molecule has 0 bridgehead atoms. The molecule has 1 aromatic carbocycles. The highest BCUT2D eigenvalue weighted by Gasteiger charge is 2.30. The number of ether oxygens (including phenoxy) is 1. The number of carbonyl (C=O) groups excluding carboxylic acids is 7. The van der Waals surface area contributed by atoms with E-state index in [9.17, 15) is 33.6 Å². The lowest BCUT2D eigenvalue weighted by Gasteiger charge is -2.24. The van der Waals surface area contributed by atoms with Crippen molar-refractivity contribution in [3.63, 3.8) is 0 Å². The van der Waals surface area contributed by atoms with Crippen molar-refractivity contribution in [3.05, 3.63) is 42.0 Å². The molecule has 44 heavy (non-hydrogen) atoms. The molecule has 1 aliphatic rings. The first-order valence-electron chi connectivity index (χ1n) is 14.5. The summed E-state index contributed by atoms with van der Waals surface area (Å²) in [4.78, 5) is 86.9. The van der Waals surface area contributed by atoms with Gasteiger partial charge in [0.25, 0.3) is 11.8 Å². The summed E-state index contributed by atoms with van der Waals surface area (Å²) in [6.07, 6.45) is 2.53. The number of nitrogens with zero attached hydrogens (tertiary/aromatic N) is 1. The molecule has 2 atom stereocenters. The number of hydrogen-bond acceptors (Lipinski definition) is 8. The highest BCUT2D eigenvalue weighted by molar-refractivity contribution is 6.13. The minimum atomic E-state index is -0.903. The van der Waals surface area contributed by atoms with E-state index in [1.165, 1.54) is 0 Å². The Morgan fingerprint density at radius 3 is 2.14 bits per heavy atom. The van der Waals surface area contributed by atoms with E-state index >= 15 is 0 Å². The second-order valence-electron chi connectivity index (χ2n) is 12.0. The van der Waals surface area contributed by atoms with Gasteiger partial charge < -0.3 is 26.4 Å². The average molecular weight is 614 g/mol. The van der Waals surface area contributed by atoms with E-state index in [0.717, 1.165) is 22.6 Å². The Bertz CT molecular complexity index is 1250. The third-order valence-electron chi connectivity index (χ3n) is 6.84. The lowest BCUT2D eigenvalue weighted by atomic mass is 9.89. The minimum Gasteiger partial charge on any atom is -0.460 e. The SMILES string of the molecule is CC(C)[C@H](NC(=O)CCN1C(=O)C=CC1=O)C(=O)C[C@@H](CCCNC(N)=O)C(=O)Nc1ccc(COC(=O)C(C)(C)C)cc1. The Hall–Kier alpha value is -4.55. The molecule has 5 N–H and O–H groups in total. The third-order valence-corrected chi connectivity index (χ3v) is 6.84. The number of imide groups is 1. The molecule has 0 fully saturated rings. The number of rotatable bonds is 16. The highest BCUT2D eigenvalue weighted by atomic mass is 16.5. The molecule has 0 saturated heterocycles. The van der Waals surface area contributed by atoms with Gasteiger partial charge in [0.2, 0.25) is 11.8 Å². The van der Waals surface area contributed by atoms with Gasteiger partial charge in [-0.25, -0.2) is 4.79 Å².